The normalized spacial score (nSPS) is 20.1. The molecule has 33 heavy (non-hydrogen) atoms. The van der Waals surface area contributed by atoms with Crippen LogP contribution in [0.2, 0.25) is 0 Å². The number of benzene rings is 2. The smallest absolute Gasteiger partial charge is 0.407 e. The van der Waals surface area contributed by atoms with Gasteiger partial charge >= 0.3 is 12.1 Å². The molecule has 1 fully saturated rings. The van der Waals surface area contributed by atoms with Crippen molar-refractivity contribution in [2.45, 2.75) is 37.3 Å². The number of nitrogens with one attached hydrogen (secondary N) is 1. The fraction of sp³-hybridized carbons (Fsp3) is 0.400. The van der Waals surface area contributed by atoms with Gasteiger partial charge in [-0.1, -0.05) is 48.5 Å². The van der Waals surface area contributed by atoms with E-state index in [2.05, 4.69) is 5.32 Å². The first-order valence-corrected chi connectivity index (χ1v) is 11.0. The van der Waals surface area contributed by atoms with Crippen molar-refractivity contribution < 1.29 is 29.0 Å². The third-order valence-electron chi connectivity index (χ3n) is 6.55. The summed E-state index contributed by atoms with van der Waals surface area (Å²) in [4.78, 5) is 38.4. The van der Waals surface area contributed by atoms with E-state index in [4.69, 9.17) is 9.47 Å². The Morgan fingerprint density at radius 3 is 2.27 bits per heavy atom. The Balaban J connectivity index is 1.42. The summed E-state index contributed by atoms with van der Waals surface area (Å²) >= 11 is 0. The highest BCUT2D eigenvalue weighted by Crippen LogP contribution is 2.44. The Kier molecular flexibility index (Phi) is 6.37. The van der Waals surface area contributed by atoms with Crippen molar-refractivity contribution in [3.63, 3.8) is 0 Å². The van der Waals surface area contributed by atoms with E-state index < -0.39 is 36.0 Å². The molecule has 2 atom stereocenters. The number of methoxy groups -OCH3 is 1. The fourth-order valence-corrected chi connectivity index (χ4v) is 4.67. The van der Waals surface area contributed by atoms with E-state index in [9.17, 15) is 19.5 Å². The molecule has 0 spiro atoms. The molecule has 8 nitrogen and oxygen atoms in total. The number of hydrogen-bond donors (Lipinski definition) is 2. The van der Waals surface area contributed by atoms with Gasteiger partial charge in [-0.05, 0) is 35.6 Å². The number of carbonyl (C=O) groups is 3. The van der Waals surface area contributed by atoms with Crippen LogP contribution >= 0.6 is 0 Å². The Morgan fingerprint density at radius 1 is 1.12 bits per heavy atom. The maximum atomic E-state index is 12.9. The summed E-state index contributed by atoms with van der Waals surface area (Å²) in [5, 5.41) is 11.7. The lowest BCUT2D eigenvalue weighted by atomic mass is 9.98. The van der Waals surface area contributed by atoms with Gasteiger partial charge in [-0.2, -0.15) is 0 Å². The molecular weight excluding hydrogens is 424 g/mol. The van der Waals surface area contributed by atoms with Gasteiger partial charge in [-0.15, -0.1) is 0 Å². The summed E-state index contributed by atoms with van der Waals surface area (Å²) in [5.74, 6) is -1.76. The molecule has 1 heterocycles. The highest BCUT2D eigenvalue weighted by atomic mass is 16.5. The molecule has 2 amide bonds. The quantitative estimate of drug-likeness (QED) is 0.669. The zero-order chi connectivity index (χ0) is 23.6. The average Bonchev–Trinajstić information content (AvgIpc) is 3.35. The number of carboxylic acid groups (broad SMARTS) is 1. The minimum Gasteiger partial charge on any atom is -0.481 e. The van der Waals surface area contributed by atoms with Gasteiger partial charge in [-0.25, -0.2) is 4.79 Å². The Bertz CT molecular complexity index is 1020. The number of hydrogen-bond acceptors (Lipinski definition) is 5. The van der Waals surface area contributed by atoms with E-state index in [1.54, 1.807) is 7.11 Å². The first-order valence-electron chi connectivity index (χ1n) is 11.0. The largest absolute Gasteiger partial charge is 0.481 e. The Hall–Kier alpha value is -3.39. The van der Waals surface area contributed by atoms with Crippen LogP contribution in [0.3, 0.4) is 0 Å². The second-order valence-corrected chi connectivity index (χ2v) is 8.78. The first-order chi connectivity index (χ1) is 15.8. The number of alkyl carbamates (subject to hydrolysis) is 1. The van der Waals surface area contributed by atoms with Crippen molar-refractivity contribution in [1.82, 2.24) is 10.2 Å². The van der Waals surface area contributed by atoms with Gasteiger partial charge in [0.05, 0.1) is 12.0 Å². The third-order valence-corrected chi connectivity index (χ3v) is 6.55. The van der Waals surface area contributed by atoms with E-state index in [0.29, 0.717) is 19.5 Å². The summed E-state index contributed by atoms with van der Waals surface area (Å²) in [6.07, 6.45) is -0.700. The van der Waals surface area contributed by atoms with Crippen LogP contribution in [-0.4, -0.2) is 66.4 Å². The molecule has 174 valence electrons. The molecule has 0 bridgehead atoms. The van der Waals surface area contributed by atoms with Gasteiger partial charge in [-0.3, -0.25) is 9.59 Å². The van der Waals surface area contributed by atoms with Crippen molar-refractivity contribution in [3.8, 4) is 11.1 Å². The second-order valence-electron chi connectivity index (χ2n) is 8.78. The lowest BCUT2D eigenvalue weighted by Crippen LogP contribution is -2.50. The van der Waals surface area contributed by atoms with Crippen LogP contribution in [0.5, 0.6) is 0 Å². The Morgan fingerprint density at radius 2 is 1.73 bits per heavy atom. The van der Waals surface area contributed by atoms with Gasteiger partial charge in [0.2, 0.25) is 5.91 Å². The number of rotatable bonds is 7. The van der Waals surface area contributed by atoms with Crippen molar-refractivity contribution in [3.05, 3.63) is 59.7 Å². The third kappa shape index (κ3) is 4.71. The van der Waals surface area contributed by atoms with Gasteiger partial charge in [0.1, 0.15) is 12.6 Å². The van der Waals surface area contributed by atoms with Crippen molar-refractivity contribution >= 4 is 18.0 Å². The van der Waals surface area contributed by atoms with Crippen molar-refractivity contribution in [2.24, 2.45) is 0 Å². The van der Waals surface area contributed by atoms with Gasteiger partial charge in [0, 0.05) is 26.1 Å². The van der Waals surface area contributed by atoms with Crippen molar-refractivity contribution in [2.75, 3.05) is 26.8 Å². The minimum absolute atomic E-state index is 0.0826. The summed E-state index contributed by atoms with van der Waals surface area (Å²) in [6.45, 7) is 2.75. The molecule has 4 rings (SSSR count). The van der Waals surface area contributed by atoms with Gasteiger partial charge in [0.15, 0.2) is 0 Å². The predicted octanol–water partition coefficient (Wildman–Crippen LogP) is 3.01. The Labute approximate surface area is 192 Å². The molecule has 2 aromatic carbocycles. The number of fused-ring (bicyclic) bond motifs is 3. The topological polar surface area (TPSA) is 105 Å². The standard InChI is InChI=1S/C25H28N2O6/c1-25(32-2)11-12-27(15-25)23(30)21(13-22(28)29)26-24(31)33-14-20-18-9-5-3-7-16(18)17-8-4-6-10-19(17)20/h3-10,20-21H,11-15H2,1-2H3,(H,26,31)(H,28,29). The number of ether oxygens (including phenoxy) is 2. The molecule has 2 N–H and O–H groups in total. The van der Waals surface area contributed by atoms with E-state index in [1.165, 1.54) is 4.90 Å². The van der Waals surface area contributed by atoms with Crippen LogP contribution in [0.25, 0.3) is 11.1 Å². The van der Waals surface area contributed by atoms with Crippen LogP contribution in [-0.2, 0) is 19.1 Å². The molecule has 0 aromatic heterocycles. The van der Waals surface area contributed by atoms with E-state index >= 15 is 0 Å². The minimum atomic E-state index is -1.21. The molecular formula is C25H28N2O6. The van der Waals surface area contributed by atoms with Gasteiger partial charge in [0.25, 0.3) is 0 Å². The SMILES string of the molecule is COC1(C)CCN(C(=O)C(CC(=O)O)NC(=O)OCC2c3ccccc3-c3ccccc32)C1. The average molecular weight is 453 g/mol. The second kappa shape index (κ2) is 9.23. The molecule has 1 saturated heterocycles. The number of carboxylic acids is 1. The predicted molar refractivity (Wildman–Crippen MR) is 121 cm³/mol. The lowest BCUT2D eigenvalue weighted by Gasteiger charge is -2.26. The summed E-state index contributed by atoms with van der Waals surface area (Å²) in [5.41, 5.74) is 3.88. The van der Waals surface area contributed by atoms with Crippen molar-refractivity contribution in [1.29, 1.82) is 0 Å². The number of amides is 2. The summed E-state index contributed by atoms with van der Waals surface area (Å²) in [7, 11) is 1.58. The number of likely N-dealkylation sites (tertiary alicyclic amines) is 1. The van der Waals surface area contributed by atoms with E-state index in [0.717, 1.165) is 22.3 Å². The summed E-state index contributed by atoms with van der Waals surface area (Å²) < 4.78 is 10.9. The number of aliphatic carboxylic acids is 1. The molecule has 0 radical (unpaired) electrons. The zero-order valence-corrected chi connectivity index (χ0v) is 18.7. The lowest BCUT2D eigenvalue weighted by molar-refractivity contribution is -0.142. The molecule has 8 heteroatoms. The summed E-state index contributed by atoms with van der Waals surface area (Å²) in [6, 6.07) is 14.7. The highest BCUT2D eigenvalue weighted by Gasteiger charge is 2.39. The maximum Gasteiger partial charge on any atom is 0.407 e. The molecule has 0 saturated carbocycles. The van der Waals surface area contributed by atoms with Crippen LogP contribution in [0.4, 0.5) is 4.79 Å². The molecule has 1 aliphatic carbocycles. The molecule has 2 unspecified atom stereocenters. The molecule has 2 aliphatic rings. The number of carbonyl (C=O) groups excluding carboxylic acids is 2. The number of nitrogens with zero attached hydrogens (tertiary/aromatic N) is 1. The maximum absolute atomic E-state index is 12.9. The van der Waals surface area contributed by atoms with Crippen LogP contribution in [0.15, 0.2) is 48.5 Å². The van der Waals surface area contributed by atoms with Gasteiger partial charge < -0.3 is 24.8 Å². The fourth-order valence-electron chi connectivity index (χ4n) is 4.67. The monoisotopic (exact) mass is 452 g/mol. The zero-order valence-electron chi connectivity index (χ0n) is 18.7. The van der Waals surface area contributed by atoms with E-state index in [-0.39, 0.29) is 12.5 Å². The van der Waals surface area contributed by atoms with Crippen LogP contribution in [0.1, 0.15) is 36.8 Å². The first kappa shape index (κ1) is 22.8. The van der Waals surface area contributed by atoms with Crippen LogP contribution < -0.4 is 5.32 Å². The van der Waals surface area contributed by atoms with Crippen LogP contribution in [0, 0.1) is 0 Å². The van der Waals surface area contributed by atoms with E-state index in [1.807, 2.05) is 55.5 Å². The molecule has 1 aliphatic heterocycles. The highest BCUT2D eigenvalue weighted by molar-refractivity contribution is 5.89. The molecule has 2 aromatic rings.